The van der Waals surface area contributed by atoms with Gasteiger partial charge in [-0.05, 0) is 37.9 Å². The summed E-state index contributed by atoms with van der Waals surface area (Å²) < 4.78 is 0. The number of carbonyl (C=O) groups excluding carboxylic acids is 1. The molecule has 0 spiro atoms. The molecule has 0 bridgehead atoms. The molecule has 2 amide bonds. The van der Waals surface area contributed by atoms with Gasteiger partial charge in [-0.1, -0.05) is 6.42 Å². The molecule has 108 valence electrons. The van der Waals surface area contributed by atoms with Crippen molar-refractivity contribution in [3.63, 3.8) is 0 Å². The molecular weight excluding hydrogens is 264 g/mol. The number of aliphatic carboxylic acids is 1. The SMILES string of the molecule is O=C(NC1CCCSC1)NC1CCCC(C(=O)O)C1. The van der Waals surface area contributed by atoms with Gasteiger partial charge in [0.25, 0.3) is 0 Å². The van der Waals surface area contributed by atoms with Crippen LogP contribution in [-0.2, 0) is 4.79 Å². The fourth-order valence-corrected chi connectivity index (χ4v) is 3.88. The van der Waals surface area contributed by atoms with E-state index in [4.69, 9.17) is 5.11 Å². The van der Waals surface area contributed by atoms with Gasteiger partial charge in [0.2, 0.25) is 0 Å². The van der Waals surface area contributed by atoms with Gasteiger partial charge in [0.05, 0.1) is 5.92 Å². The standard InChI is InChI=1S/C13H22N2O3S/c16-12(17)9-3-1-4-10(7-9)14-13(18)15-11-5-2-6-19-8-11/h9-11H,1-8H2,(H,16,17)(H2,14,15,18). The molecule has 0 radical (unpaired) electrons. The maximum Gasteiger partial charge on any atom is 0.315 e. The van der Waals surface area contributed by atoms with Gasteiger partial charge in [0, 0.05) is 17.8 Å². The molecule has 3 atom stereocenters. The van der Waals surface area contributed by atoms with Crippen LogP contribution in [-0.4, -0.2) is 40.7 Å². The maximum atomic E-state index is 11.9. The Morgan fingerprint density at radius 2 is 1.79 bits per heavy atom. The predicted octanol–water partition coefficient (Wildman–Crippen LogP) is 1.82. The summed E-state index contributed by atoms with van der Waals surface area (Å²) in [4.78, 5) is 22.8. The average molecular weight is 286 g/mol. The fourth-order valence-electron chi connectivity index (χ4n) is 2.81. The molecule has 0 aromatic carbocycles. The normalized spacial score (nSPS) is 31.5. The molecule has 1 saturated carbocycles. The zero-order chi connectivity index (χ0) is 13.7. The first-order valence-corrected chi connectivity index (χ1v) is 8.18. The highest BCUT2D eigenvalue weighted by Gasteiger charge is 2.28. The fraction of sp³-hybridized carbons (Fsp3) is 0.846. The van der Waals surface area contributed by atoms with Crippen LogP contribution < -0.4 is 10.6 Å². The van der Waals surface area contributed by atoms with E-state index in [1.165, 1.54) is 5.75 Å². The van der Waals surface area contributed by atoms with Gasteiger partial charge in [-0.15, -0.1) is 0 Å². The van der Waals surface area contributed by atoms with Crippen LogP contribution in [0.1, 0.15) is 38.5 Å². The molecular formula is C13H22N2O3S. The number of carboxylic acid groups (broad SMARTS) is 1. The Morgan fingerprint density at radius 3 is 2.47 bits per heavy atom. The minimum Gasteiger partial charge on any atom is -0.481 e. The van der Waals surface area contributed by atoms with Crippen LogP contribution in [0.4, 0.5) is 4.79 Å². The van der Waals surface area contributed by atoms with Gasteiger partial charge in [0.15, 0.2) is 0 Å². The Labute approximate surface area is 117 Å². The number of urea groups is 1. The van der Waals surface area contributed by atoms with Gasteiger partial charge < -0.3 is 15.7 Å². The van der Waals surface area contributed by atoms with Crippen molar-refractivity contribution in [2.75, 3.05) is 11.5 Å². The number of carboxylic acids is 1. The van der Waals surface area contributed by atoms with E-state index >= 15 is 0 Å². The lowest BCUT2D eigenvalue weighted by atomic mass is 9.86. The molecule has 1 aliphatic heterocycles. The lowest BCUT2D eigenvalue weighted by molar-refractivity contribution is -0.143. The lowest BCUT2D eigenvalue weighted by Gasteiger charge is -2.29. The summed E-state index contributed by atoms with van der Waals surface area (Å²) in [7, 11) is 0. The molecule has 0 aromatic heterocycles. The van der Waals surface area contributed by atoms with Crippen LogP contribution in [0, 0.1) is 5.92 Å². The minimum atomic E-state index is -0.740. The van der Waals surface area contributed by atoms with Crippen LogP contribution in [0.5, 0.6) is 0 Å². The zero-order valence-corrected chi connectivity index (χ0v) is 11.9. The number of thioether (sulfide) groups is 1. The van der Waals surface area contributed by atoms with Gasteiger partial charge in [0.1, 0.15) is 0 Å². The van der Waals surface area contributed by atoms with Crippen molar-refractivity contribution >= 4 is 23.8 Å². The van der Waals surface area contributed by atoms with E-state index in [1.807, 2.05) is 11.8 Å². The van der Waals surface area contributed by atoms with Gasteiger partial charge in [-0.3, -0.25) is 4.79 Å². The first-order valence-electron chi connectivity index (χ1n) is 7.02. The van der Waals surface area contributed by atoms with Crippen molar-refractivity contribution in [3.05, 3.63) is 0 Å². The molecule has 1 saturated heterocycles. The molecule has 6 heteroatoms. The molecule has 3 unspecified atom stereocenters. The molecule has 19 heavy (non-hydrogen) atoms. The lowest BCUT2D eigenvalue weighted by Crippen LogP contribution is -2.49. The number of hydrogen-bond donors (Lipinski definition) is 3. The van der Waals surface area contributed by atoms with E-state index < -0.39 is 5.97 Å². The van der Waals surface area contributed by atoms with E-state index in [0.29, 0.717) is 6.42 Å². The van der Waals surface area contributed by atoms with E-state index in [2.05, 4.69) is 10.6 Å². The summed E-state index contributed by atoms with van der Waals surface area (Å²) >= 11 is 1.88. The van der Waals surface area contributed by atoms with Gasteiger partial charge in [-0.2, -0.15) is 11.8 Å². The second-order valence-electron chi connectivity index (χ2n) is 5.43. The molecule has 5 nitrogen and oxygen atoms in total. The first kappa shape index (κ1) is 14.5. The predicted molar refractivity (Wildman–Crippen MR) is 75.4 cm³/mol. The van der Waals surface area contributed by atoms with Crippen molar-refractivity contribution in [1.82, 2.24) is 10.6 Å². The third kappa shape index (κ3) is 4.60. The summed E-state index contributed by atoms with van der Waals surface area (Å²) in [5.74, 6) is 1.12. The van der Waals surface area contributed by atoms with Crippen molar-refractivity contribution in [1.29, 1.82) is 0 Å². The van der Waals surface area contributed by atoms with Crippen molar-refractivity contribution in [2.24, 2.45) is 5.92 Å². The van der Waals surface area contributed by atoms with Crippen LogP contribution in [0.25, 0.3) is 0 Å². The van der Waals surface area contributed by atoms with E-state index in [1.54, 1.807) is 0 Å². The number of nitrogens with one attached hydrogen (secondary N) is 2. The van der Waals surface area contributed by atoms with Crippen LogP contribution in [0.3, 0.4) is 0 Å². The molecule has 0 aromatic rings. The Balaban J connectivity index is 1.73. The molecule has 1 heterocycles. The molecule has 2 aliphatic rings. The van der Waals surface area contributed by atoms with E-state index in [0.717, 1.165) is 37.9 Å². The first-order chi connectivity index (χ1) is 9.15. The molecule has 3 N–H and O–H groups in total. The third-order valence-electron chi connectivity index (χ3n) is 3.85. The molecule has 2 fully saturated rings. The van der Waals surface area contributed by atoms with Crippen LogP contribution >= 0.6 is 11.8 Å². The summed E-state index contributed by atoms with van der Waals surface area (Å²) in [6.45, 7) is 0. The average Bonchev–Trinajstić information content (AvgIpc) is 2.40. The topological polar surface area (TPSA) is 78.4 Å². The number of rotatable bonds is 3. The van der Waals surface area contributed by atoms with Crippen molar-refractivity contribution in [3.8, 4) is 0 Å². The second-order valence-corrected chi connectivity index (χ2v) is 6.58. The second kappa shape index (κ2) is 7.03. The summed E-state index contributed by atoms with van der Waals surface area (Å²) in [5, 5.41) is 14.9. The summed E-state index contributed by atoms with van der Waals surface area (Å²) in [6.07, 6.45) is 5.25. The number of amides is 2. The zero-order valence-electron chi connectivity index (χ0n) is 11.1. The highest BCUT2D eigenvalue weighted by atomic mass is 32.2. The Kier molecular flexibility index (Phi) is 5.36. The highest BCUT2D eigenvalue weighted by molar-refractivity contribution is 7.99. The molecule has 2 rings (SSSR count). The quantitative estimate of drug-likeness (QED) is 0.739. The Hall–Kier alpha value is -0.910. The maximum absolute atomic E-state index is 11.9. The van der Waals surface area contributed by atoms with E-state index in [-0.39, 0.29) is 24.0 Å². The summed E-state index contributed by atoms with van der Waals surface area (Å²) in [6, 6.07) is 0.132. The van der Waals surface area contributed by atoms with Crippen molar-refractivity contribution in [2.45, 2.75) is 50.6 Å². The minimum absolute atomic E-state index is 0.00564. The Morgan fingerprint density at radius 1 is 1.05 bits per heavy atom. The third-order valence-corrected chi connectivity index (χ3v) is 5.07. The van der Waals surface area contributed by atoms with E-state index in [9.17, 15) is 9.59 Å². The number of hydrogen-bond acceptors (Lipinski definition) is 3. The molecule has 1 aliphatic carbocycles. The Bertz CT molecular complexity index is 332. The monoisotopic (exact) mass is 286 g/mol. The van der Waals surface area contributed by atoms with Gasteiger partial charge in [-0.25, -0.2) is 4.79 Å². The summed E-state index contributed by atoms with van der Waals surface area (Å²) in [5.41, 5.74) is 0. The smallest absolute Gasteiger partial charge is 0.315 e. The van der Waals surface area contributed by atoms with Crippen molar-refractivity contribution < 1.29 is 14.7 Å². The largest absolute Gasteiger partial charge is 0.481 e. The van der Waals surface area contributed by atoms with Crippen LogP contribution in [0.2, 0.25) is 0 Å². The number of carbonyl (C=O) groups is 2. The van der Waals surface area contributed by atoms with Gasteiger partial charge >= 0.3 is 12.0 Å². The van der Waals surface area contributed by atoms with Crippen LogP contribution in [0.15, 0.2) is 0 Å². The highest BCUT2D eigenvalue weighted by Crippen LogP contribution is 2.24.